The number of pyridine rings is 2. The van der Waals surface area contributed by atoms with Crippen LogP contribution in [0.2, 0.25) is 0 Å². The van der Waals surface area contributed by atoms with Gasteiger partial charge in [-0.3, -0.25) is 14.8 Å². The molecule has 0 radical (unpaired) electrons. The lowest BCUT2D eigenvalue weighted by Crippen LogP contribution is -2.23. The van der Waals surface area contributed by atoms with Gasteiger partial charge >= 0.3 is 0 Å². The zero-order valence-electron chi connectivity index (χ0n) is 14.3. The molecular weight excluding hydrogens is 312 g/mol. The molecule has 0 atom stereocenters. The van der Waals surface area contributed by atoms with Gasteiger partial charge in [0.05, 0.1) is 0 Å². The third-order valence-corrected chi connectivity index (χ3v) is 3.87. The largest absolute Gasteiger partial charge is 0.355 e. The van der Waals surface area contributed by atoms with Crippen molar-refractivity contribution >= 4 is 17.3 Å². The number of rotatable bonds is 5. The molecule has 1 amide bonds. The molecule has 0 fully saturated rings. The van der Waals surface area contributed by atoms with Crippen LogP contribution in [0.15, 0.2) is 61.1 Å². The van der Waals surface area contributed by atoms with E-state index < -0.39 is 0 Å². The van der Waals surface area contributed by atoms with Crippen molar-refractivity contribution in [2.45, 2.75) is 20.4 Å². The van der Waals surface area contributed by atoms with Crippen LogP contribution in [-0.4, -0.2) is 15.9 Å². The Balaban J connectivity index is 1.70. The van der Waals surface area contributed by atoms with E-state index >= 15 is 0 Å². The number of aromatic nitrogens is 2. The topological polar surface area (TPSA) is 66.9 Å². The van der Waals surface area contributed by atoms with E-state index in [1.165, 1.54) is 5.56 Å². The quantitative estimate of drug-likeness (QED) is 0.746. The number of nitrogens with zero attached hydrogens (tertiary/aromatic N) is 2. The van der Waals surface area contributed by atoms with E-state index in [0.717, 1.165) is 22.5 Å². The molecule has 3 aromatic rings. The molecule has 126 valence electrons. The summed E-state index contributed by atoms with van der Waals surface area (Å²) >= 11 is 0. The highest BCUT2D eigenvalue weighted by molar-refractivity contribution is 5.93. The molecule has 0 saturated heterocycles. The molecule has 2 aromatic heterocycles. The lowest BCUT2D eigenvalue weighted by molar-refractivity contribution is 0.0946. The van der Waals surface area contributed by atoms with E-state index in [4.69, 9.17) is 0 Å². The van der Waals surface area contributed by atoms with Gasteiger partial charge in [-0.2, -0.15) is 0 Å². The second-order valence-corrected chi connectivity index (χ2v) is 5.91. The predicted octanol–water partition coefficient (Wildman–Crippen LogP) is 3.77. The minimum atomic E-state index is -0.207. The molecule has 0 aliphatic heterocycles. The van der Waals surface area contributed by atoms with Gasteiger partial charge in [0.1, 0.15) is 5.69 Å². The smallest absolute Gasteiger partial charge is 0.270 e. The van der Waals surface area contributed by atoms with Gasteiger partial charge < -0.3 is 10.6 Å². The van der Waals surface area contributed by atoms with Gasteiger partial charge in [0.15, 0.2) is 0 Å². The summed E-state index contributed by atoms with van der Waals surface area (Å²) in [6.07, 6.45) is 5.04. The number of carbonyl (C=O) groups excluding carboxylic acids is 1. The van der Waals surface area contributed by atoms with Crippen molar-refractivity contribution < 1.29 is 4.79 Å². The first-order valence-corrected chi connectivity index (χ1v) is 8.09. The van der Waals surface area contributed by atoms with Crippen LogP contribution in [0.4, 0.5) is 11.4 Å². The number of aryl methyl sites for hydroxylation is 2. The fourth-order valence-corrected chi connectivity index (χ4v) is 2.43. The van der Waals surface area contributed by atoms with Crippen molar-refractivity contribution in [2.24, 2.45) is 0 Å². The van der Waals surface area contributed by atoms with Crippen LogP contribution in [0.3, 0.4) is 0 Å². The molecule has 0 aliphatic rings. The summed E-state index contributed by atoms with van der Waals surface area (Å²) in [4.78, 5) is 20.5. The van der Waals surface area contributed by atoms with E-state index in [0.29, 0.717) is 12.2 Å². The fraction of sp³-hybridized carbons (Fsp3) is 0.150. The molecule has 3 rings (SSSR count). The monoisotopic (exact) mass is 332 g/mol. The Labute approximate surface area is 147 Å². The zero-order chi connectivity index (χ0) is 17.6. The Morgan fingerprint density at radius 1 is 1.00 bits per heavy atom. The molecule has 2 heterocycles. The third-order valence-electron chi connectivity index (χ3n) is 3.87. The maximum Gasteiger partial charge on any atom is 0.270 e. The van der Waals surface area contributed by atoms with E-state index in [9.17, 15) is 4.79 Å². The molecule has 2 N–H and O–H groups in total. The zero-order valence-corrected chi connectivity index (χ0v) is 14.3. The maximum absolute atomic E-state index is 12.3. The van der Waals surface area contributed by atoms with Crippen molar-refractivity contribution in [3.8, 4) is 0 Å². The van der Waals surface area contributed by atoms with Gasteiger partial charge in [-0.05, 0) is 60.9 Å². The predicted molar refractivity (Wildman–Crippen MR) is 98.8 cm³/mol. The van der Waals surface area contributed by atoms with Gasteiger partial charge in [-0.15, -0.1) is 0 Å². The van der Waals surface area contributed by atoms with Crippen LogP contribution in [-0.2, 0) is 6.54 Å². The fourth-order valence-electron chi connectivity index (χ4n) is 2.43. The Morgan fingerprint density at radius 2 is 1.80 bits per heavy atom. The van der Waals surface area contributed by atoms with Crippen molar-refractivity contribution in [1.82, 2.24) is 15.3 Å². The van der Waals surface area contributed by atoms with Crippen molar-refractivity contribution in [2.75, 3.05) is 5.32 Å². The summed E-state index contributed by atoms with van der Waals surface area (Å²) in [7, 11) is 0. The number of hydrogen-bond donors (Lipinski definition) is 2. The number of hydrogen-bond acceptors (Lipinski definition) is 4. The molecule has 0 saturated carbocycles. The Kier molecular flexibility index (Phi) is 5.04. The Morgan fingerprint density at radius 3 is 2.60 bits per heavy atom. The lowest BCUT2D eigenvalue weighted by atomic mass is 10.1. The van der Waals surface area contributed by atoms with E-state index in [1.807, 2.05) is 25.1 Å². The van der Waals surface area contributed by atoms with Crippen LogP contribution in [0, 0.1) is 13.8 Å². The van der Waals surface area contributed by atoms with Crippen LogP contribution in [0.1, 0.15) is 27.2 Å². The van der Waals surface area contributed by atoms with Crippen LogP contribution < -0.4 is 10.6 Å². The molecule has 0 bridgehead atoms. The molecule has 25 heavy (non-hydrogen) atoms. The first-order valence-electron chi connectivity index (χ1n) is 8.09. The van der Waals surface area contributed by atoms with Crippen LogP contribution >= 0.6 is 0 Å². The van der Waals surface area contributed by atoms with E-state index in [-0.39, 0.29) is 5.91 Å². The minimum absolute atomic E-state index is 0.207. The average molecular weight is 332 g/mol. The van der Waals surface area contributed by atoms with Crippen molar-refractivity contribution in [3.05, 3.63) is 83.4 Å². The van der Waals surface area contributed by atoms with Gasteiger partial charge in [0.25, 0.3) is 5.91 Å². The van der Waals surface area contributed by atoms with Gasteiger partial charge in [0.2, 0.25) is 0 Å². The second kappa shape index (κ2) is 7.57. The molecule has 5 nitrogen and oxygen atoms in total. The maximum atomic E-state index is 12.3. The minimum Gasteiger partial charge on any atom is -0.355 e. The summed E-state index contributed by atoms with van der Waals surface area (Å²) in [5.74, 6) is -0.207. The summed E-state index contributed by atoms with van der Waals surface area (Å²) in [6.45, 7) is 4.54. The van der Waals surface area contributed by atoms with Crippen LogP contribution in [0.5, 0.6) is 0 Å². The molecule has 0 unspecified atom stereocenters. The number of benzene rings is 1. The summed E-state index contributed by atoms with van der Waals surface area (Å²) in [6, 6.07) is 13.6. The Bertz CT molecular complexity index is 878. The first kappa shape index (κ1) is 16.6. The van der Waals surface area contributed by atoms with E-state index in [2.05, 4.69) is 45.7 Å². The summed E-state index contributed by atoms with van der Waals surface area (Å²) < 4.78 is 0. The molecule has 0 spiro atoms. The lowest BCUT2D eigenvalue weighted by Gasteiger charge is -2.11. The highest BCUT2D eigenvalue weighted by Gasteiger charge is 2.08. The van der Waals surface area contributed by atoms with Crippen LogP contribution in [0.25, 0.3) is 0 Å². The average Bonchev–Trinajstić information content (AvgIpc) is 2.64. The first-order chi connectivity index (χ1) is 12.1. The number of anilines is 2. The second-order valence-electron chi connectivity index (χ2n) is 5.91. The third kappa shape index (κ3) is 4.41. The summed E-state index contributed by atoms with van der Waals surface area (Å²) in [5.41, 5.74) is 5.55. The normalized spacial score (nSPS) is 10.3. The highest BCUT2D eigenvalue weighted by atomic mass is 16.1. The van der Waals surface area contributed by atoms with Gasteiger partial charge in [-0.25, -0.2) is 0 Å². The molecule has 1 aromatic carbocycles. The molecule has 5 heteroatoms. The highest BCUT2D eigenvalue weighted by Crippen LogP contribution is 2.21. The van der Waals surface area contributed by atoms with Crippen molar-refractivity contribution in [1.29, 1.82) is 0 Å². The van der Waals surface area contributed by atoms with Gasteiger partial charge in [-0.1, -0.05) is 12.1 Å². The Hall–Kier alpha value is -3.21. The SMILES string of the molecule is Cc1ccc(C)c(Nc2ccnc(C(=O)NCc3ccncc3)c2)c1. The number of carbonyl (C=O) groups is 1. The van der Waals surface area contributed by atoms with Crippen molar-refractivity contribution in [3.63, 3.8) is 0 Å². The molecular formula is C20H20N4O. The summed E-state index contributed by atoms with van der Waals surface area (Å²) in [5, 5.41) is 6.22. The number of amides is 1. The standard InChI is InChI=1S/C20H20N4O/c1-14-3-4-15(2)18(11-14)24-17-7-10-22-19(12-17)20(25)23-13-16-5-8-21-9-6-16/h3-12H,13H2,1-2H3,(H,22,24)(H,23,25). The molecule has 0 aliphatic carbocycles. The van der Waals surface area contributed by atoms with E-state index in [1.54, 1.807) is 24.7 Å². The number of nitrogens with one attached hydrogen (secondary N) is 2. The van der Waals surface area contributed by atoms with Gasteiger partial charge in [0, 0.05) is 36.5 Å².